The number of esters is 1. The summed E-state index contributed by atoms with van der Waals surface area (Å²) in [6.07, 6.45) is 0.609. The van der Waals surface area contributed by atoms with Crippen molar-refractivity contribution in [3.63, 3.8) is 0 Å². The zero-order chi connectivity index (χ0) is 10.3. The van der Waals surface area contributed by atoms with Gasteiger partial charge in [-0.1, -0.05) is 0 Å². The van der Waals surface area contributed by atoms with E-state index in [0.717, 1.165) is 0 Å². The number of ether oxygens (including phenoxy) is 1. The average Bonchev–Trinajstić information content (AvgIpc) is 2.02. The monoisotopic (exact) mass is 188 g/mol. The molecule has 1 atom stereocenters. The van der Waals surface area contributed by atoms with Gasteiger partial charge < -0.3 is 15.8 Å². The Kier molecular flexibility index (Phi) is 5.88. The van der Waals surface area contributed by atoms with Gasteiger partial charge in [0.05, 0.1) is 12.6 Å². The van der Waals surface area contributed by atoms with E-state index >= 15 is 0 Å². The molecule has 5 heteroatoms. The molecule has 0 heterocycles. The van der Waals surface area contributed by atoms with E-state index in [2.05, 4.69) is 10.1 Å². The van der Waals surface area contributed by atoms with Crippen LogP contribution in [0.4, 0.5) is 0 Å². The minimum absolute atomic E-state index is 0.192. The fourth-order valence-electron chi connectivity index (χ4n) is 0.661. The van der Waals surface area contributed by atoms with Gasteiger partial charge in [0.2, 0.25) is 5.91 Å². The second-order valence-corrected chi connectivity index (χ2v) is 2.77. The average molecular weight is 188 g/mol. The normalized spacial score (nSPS) is 11.9. The number of hydrogen-bond donors (Lipinski definition) is 2. The van der Waals surface area contributed by atoms with Crippen molar-refractivity contribution in [3.05, 3.63) is 0 Å². The van der Waals surface area contributed by atoms with Gasteiger partial charge in [0.15, 0.2) is 0 Å². The number of carbonyl (C=O) groups excluding carboxylic acids is 2. The van der Waals surface area contributed by atoms with Gasteiger partial charge in [-0.15, -0.1) is 0 Å². The van der Waals surface area contributed by atoms with E-state index in [-0.39, 0.29) is 11.9 Å². The lowest BCUT2D eigenvalue weighted by Gasteiger charge is -2.07. The number of hydrogen-bond acceptors (Lipinski definition) is 4. The van der Waals surface area contributed by atoms with E-state index in [1.165, 1.54) is 6.92 Å². The summed E-state index contributed by atoms with van der Waals surface area (Å²) in [6, 6.07) is -0.492. The number of nitrogens with two attached hydrogens (primary N) is 1. The lowest BCUT2D eigenvalue weighted by molar-refractivity contribution is -0.140. The predicted octanol–water partition coefficient (Wildman–Crippen LogP) is -0.597. The van der Waals surface area contributed by atoms with Crippen molar-refractivity contribution in [2.75, 3.05) is 13.2 Å². The quantitative estimate of drug-likeness (QED) is 0.446. The minimum atomic E-state index is -0.492. The van der Waals surface area contributed by atoms with Crippen LogP contribution in [0.5, 0.6) is 0 Å². The second kappa shape index (κ2) is 6.42. The van der Waals surface area contributed by atoms with Crippen LogP contribution in [0.15, 0.2) is 0 Å². The summed E-state index contributed by atoms with van der Waals surface area (Å²) >= 11 is 0. The highest BCUT2D eigenvalue weighted by Gasteiger charge is 2.04. The molecule has 13 heavy (non-hydrogen) atoms. The Hall–Kier alpha value is -1.10. The highest BCUT2D eigenvalue weighted by molar-refractivity contribution is 5.80. The molecule has 5 nitrogen and oxygen atoms in total. The molecule has 0 bridgehead atoms. The Morgan fingerprint density at radius 3 is 2.62 bits per heavy atom. The Labute approximate surface area is 77.6 Å². The van der Waals surface area contributed by atoms with Crippen LogP contribution in [0.25, 0.3) is 0 Å². The summed E-state index contributed by atoms with van der Waals surface area (Å²) in [4.78, 5) is 21.2. The number of rotatable bonds is 5. The Morgan fingerprint density at radius 2 is 2.15 bits per heavy atom. The van der Waals surface area contributed by atoms with Crippen molar-refractivity contribution < 1.29 is 14.3 Å². The first-order chi connectivity index (χ1) is 6.04. The third-order valence-corrected chi connectivity index (χ3v) is 1.34. The first kappa shape index (κ1) is 11.9. The molecule has 0 saturated heterocycles. The van der Waals surface area contributed by atoms with Gasteiger partial charge in [0.25, 0.3) is 0 Å². The molecule has 0 aromatic carbocycles. The molecular weight excluding hydrogens is 172 g/mol. The van der Waals surface area contributed by atoms with Gasteiger partial charge in [0, 0.05) is 13.5 Å². The maximum Gasteiger partial charge on any atom is 0.302 e. The third kappa shape index (κ3) is 7.27. The molecule has 0 radical (unpaired) electrons. The molecule has 0 spiro atoms. The van der Waals surface area contributed by atoms with Crippen molar-refractivity contribution in [2.24, 2.45) is 5.73 Å². The van der Waals surface area contributed by atoms with Gasteiger partial charge in [-0.25, -0.2) is 0 Å². The molecule has 0 aliphatic rings. The van der Waals surface area contributed by atoms with Crippen molar-refractivity contribution >= 4 is 11.9 Å². The molecule has 0 aromatic rings. The fourth-order valence-corrected chi connectivity index (χ4v) is 0.661. The van der Waals surface area contributed by atoms with Gasteiger partial charge in [0.1, 0.15) is 0 Å². The first-order valence-corrected chi connectivity index (χ1v) is 4.20. The van der Waals surface area contributed by atoms with Crippen molar-refractivity contribution in [2.45, 2.75) is 26.3 Å². The fraction of sp³-hybridized carbons (Fsp3) is 0.750. The van der Waals surface area contributed by atoms with E-state index in [4.69, 9.17) is 5.73 Å². The van der Waals surface area contributed by atoms with Crippen molar-refractivity contribution in [1.82, 2.24) is 5.32 Å². The molecule has 0 rings (SSSR count). The maximum absolute atomic E-state index is 10.9. The Bertz CT molecular complexity index is 180. The van der Waals surface area contributed by atoms with Crippen LogP contribution < -0.4 is 11.1 Å². The summed E-state index contributed by atoms with van der Waals surface area (Å²) in [6.45, 7) is 3.77. The second-order valence-electron chi connectivity index (χ2n) is 2.77. The van der Waals surface area contributed by atoms with E-state index in [1.54, 1.807) is 6.92 Å². The lowest BCUT2D eigenvalue weighted by Crippen LogP contribution is -2.38. The first-order valence-electron chi connectivity index (χ1n) is 4.20. The maximum atomic E-state index is 10.9. The van der Waals surface area contributed by atoms with Crippen molar-refractivity contribution in [3.8, 4) is 0 Å². The van der Waals surface area contributed by atoms with E-state index < -0.39 is 6.04 Å². The largest absolute Gasteiger partial charge is 0.466 e. The molecule has 76 valence electrons. The van der Waals surface area contributed by atoms with Gasteiger partial charge in [-0.2, -0.15) is 0 Å². The van der Waals surface area contributed by atoms with Crippen LogP contribution in [-0.2, 0) is 14.3 Å². The Balaban J connectivity index is 3.26. The highest BCUT2D eigenvalue weighted by atomic mass is 16.5. The van der Waals surface area contributed by atoms with Gasteiger partial charge in [-0.3, -0.25) is 9.59 Å². The van der Waals surface area contributed by atoms with Crippen LogP contribution in [0.2, 0.25) is 0 Å². The van der Waals surface area contributed by atoms with Crippen LogP contribution in [-0.4, -0.2) is 31.1 Å². The molecule has 3 N–H and O–H groups in total. The van der Waals surface area contributed by atoms with Gasteiger partial charge in [-0.05, 0) is 13.3 Å². The SMILES string of the molecule is CC(=O)OCCCNC(=O)[C@H](C)N. The summed E-state index contributed by atoms with van der Waals surface area (Å²) in [5.41, 5.74) is 5.30. The Morgan fingerprint density at radius 1 is 1.54 bits per heavy atom. The van der Waals surface area contributed by atoms with Crippen LogP contribution in [0.1, 0.15) is 20.3 Å². The summed E-state index contributed by atoms with van der Waals surface area (Å²) in [5, 5.41) is 2.60. The summed E-state index contributed by atoms with van der Waals surface area (Å²) in [5.74, 6) is -0.499. The van der Waals surface area contributed by atoms with E-state index in [0.29, 0.717) is 19.6 Å². The number of nitrogens with one attached hydrogen (secondary N) is 1. The zero-order valence-electron chi connectivity index (χ0n) is 8.00. The van der Waals surface area contributed by atoms with Crippen LogP contribution in [0, 0.1) is 0 Å². The highest BCUT2D eigenvalue weighted by Crippen LogP contribution is 1.82. The topological polar surface area (TPSA) is 81.4 Å². The molecule has 0 fully saturated rings. The third-order valence-electron chi connectivity index (χ3n) is 1.34. The number of amides is 1. The van der Waals surface area contributed by atoms with E-state index in [9.17, 15) is 9.59 Å². The number of carbonyl (C=O) groups is 2. The van der Waals surface area contributed by atoms with Crippen molar-refractivity contribution in [1.29, 1.82) is 0 Å². The zero-order valence-corrected chi connectivity index (χ0v) is 8.00. The molecule has 0 aliphatic carbocycles. The molecule has 1 amide bonds. The molecule has 0 saturated carbocycles. The standard InChI is InChI=1S/C8H16N2O3/c1-6(9)8(12)10-4-3-5-13-7(2)11/h6H,3-5,9H2,1-2H3,(H,10,12)/t6-/m0/s1. The predicted molar refractivity (Wildman–Crippen MR) is 47.9 cm³/mol. The van der Waals surface area contributed by atoms with Crippen LogP contribution >= 0.6 is 0 Å². The van der Waals surface area contributed by atoms with Crippen LogP contribution in [0.3, 0.4) is 0 Å². The minimum Gasteiger partial charge on any atom is -0.466 e. The molecule has 0 aromatic heterocycles. The molecular formula is C8H16N2O3. The van der Waals surface area contributed by atoms with E-state index in [1.807, 2.05) is 0 Å². The van der Waals surface area contributed by atoms with Gasteiger partial charge >= 0.3 is 5.97 Å². The molecule has 0 unspecified atom stereocenters. The lowest BCUT2D eigenvalue weighted by atomic mass is 10.3. The smallest absolute Gasteiger partial charge is 0.302 e. The molecule has 0 aliphatic heterocycles. The summed E-state index contributed by atoms with van der Waals surface area (Å²) < 4.78 is 4.66. The summed E-state index contributed by atoms with van der Waals surface area (Å²) in [7, 11) is 0.